The molecule has 6 nitrogen and oxygen atoms in total. The first-order valence-corrected chi connectivity index (χ1v) is 8.71. The third-order valence-corrected chi connectivity index (χ3v) is 5.10. The number of sulfonamides is 1. The predicted molar refractivity (Wildman–Crippen MR) is 94.6 cm³/mol. The second-order valence-electron chi connectivity index (χ2n) is 4.98. The molecule has 2 N–H and O–H groups in total. The van der Waals surface area contributed by atoms with Gasteiger partial charge in [-0.2, -0.15) is 0 Å². The van der Waals surface area contributed by atoms with Gasteiger partial charge in [-0.05, 0) is 42.0 Å². The Kier molecular flexibility index (Phi) is 5.64. The number of benzene rings is 1. The zero-order chi connectivity index (χ0) is 16.9. The Hall–Kier alpha value is -2.03. The zero-order valence-corrected chi connectivity index (χ0v) is 14.5. The van der Waals surface area contributed by atoms with Crippen molar-refractivity contribution in [2.45, 2.75) is 11.4 Å². The van der Waals surface area contributed by atoms with Crippen LogP contribution in [0.25, 0.3) is 0 Å². The fourth-order valence-electron chi connectivity index (χ4n) is 1.81. The molecule has 0 atom stereocenters. The lowest BCUT2D eigenvalue weighted by Crippen LogP contribution is -2.28. The Bertz CT molecular complexity index is 777. The number of pyridine rings is 1. The summed E-state index contributed by atoms with van der Waals surface area (Å²) < 4.78 is 25.4. The second-order valence-corrected chi connectivity index (χ2v) is 7.54. The van der Waals surface area contributed by atoms with Crippen molar-refractivity contribution in [3.05, 3.63) is 54.4 Å². The normalized spacial score (nSPS) is 11.3. The smallest absolute Gasteiger partial charge is 0.242 e. The van der Waals surface area contributed by atoms with E-state index in [4.69, 9.17) is 12.2 Å². The van der Waals surface area contributed by atoms with Gasteiger partial charge >= 0.3 is 0 Å². The number of nitrogens with one attached hydrogen (secondary N) is 2. The minimum absolute atomic E-state index is 0.211. The Morgan fingerprint density at radius 1 is 1.26 bits per heavy atom. The molecule has 0 bridgehead atoms. The first-order chi connectivity index (χ1) is 10.9. The molecule has 8 heteroatoms. The highest BCUT2D eigenvalue weighted by atomic mass is 32.2. The van der Waals surface area contributed by atoms with Crippen LogP contribution in [-0.4, -0.2) is 36.9 Å². The first-order valence-electron chi connectivity index (χ1n) is 6.86. The summed E-state index contributed by atoms with van der Waals surface area (Å²) in [5.74, 6) is 0. The maximum absolute atomic E-state index is 12.1. The molecular weight excluding hydrogens is 332 g/mol. The molecule has 2 rings (SSSR count). The van der Waals surface area contributed by atoms with Crippen LogP contribution in [-0.2, 0) is 16.6 Å². The molecule has 0 aliphatic rings. The van der Waals surface area contributed by atoms with Gasteiger partial charge in [-0.1, -0.05) is 12.1 Å². The number of rotatable bonds is 5. The van der Waals surface area contributed by atoms with Crippen molar-refractivity contribution in [2.75, 3.05) is 19.4 Å². The molecule has 0 radical (unpaired) electrons. The van der Waals surface area contributed by atoms with Gasteiger partial charge in [-0.25, -0.2) is 12.7 Å². The molecule has 0 saturated heterocycles. The predicted octanol–water partition coefficient (Wildman–Crippen LogP) is 1.82. The molecule has 0 aliphatic carbocycles. The molecule has 2 aromatic rings. The third-order valence-electron chi connectivity index (χ3n) is 3.05. The summed E-state index contributed by atoms with van der Waals surface area (Å²) in [7, 11) is -0.478. The van der Waals surface area contributed by atoms with Gasteiger partial charge < -0.3 is 10.6 Å². The van der Waals surface area contributed by atoms with Gasteiger partial charge in [0.1, 0.15) is 0 Å². The van der Waals surface area contributed by atoms with Gasteiger partial charge in [0, 0.05) is 38.7 Å². The lowest BCUT2D eigenvalue weighted by atomic mass is 10.3. The van der Waals surface area contributed by atoms with Crippen molar-refractivity contribution in [1.82, 2.24) is 14.6 Å². The zero-order valence-electron chi connectivity index (χ0n) is 12.9. The molecule has 0 spiro atoms. The topological polar surface area (TPSA) is 74.3 Å². The van der Waals surface area contributed by atoms with Crippen LogP contribution in [0.1, 0.15) is 5.56 Å². The van der Waals surface area contributed by atoms with Crippen LogP contribution >= 0.6 is 12.2 Å². The molecule has 1 aromatic heterocycles. The van der Waals surface area contributed by atoms with Crippen molar-refractivity contribution in [3.8, 4) is 0 Å². The highest BCUT2D eigenvalue weighted by Crippen LogP contribution is 2.17. The average molecular weight is 350 g/mol. The molecule has 0 saturated carbocycles. The summed E-state index contributed by atoms with van der Waals surface area (Å²) in [5.41, 5.74) is 1.61. The van der Waals surface area contributed by atoms with Crippen LogP contribution < -0.4 is 10.6 Å². The number of thiocarbonyl (C=S) groups is 1. The van der Waals surface area contributed by atoms with E-state index in [1.54, 1.807) is 36.7 Å². The van der Waals surface area contributed by atoms with Crippen LogP contribution in [0.5, 0.6) is 0 Å². The first kappa shape index (κ1) is 17.3. The van der Waals surface area contributed by atoms with Gasteiger partial charge in [-0.3, -0.25) is 4.98 Å². The minimum Gasteiger partial charge on any atom is -0.358 e. The molecule has 23 heavy (non-hydrogen) atoms. The van der Waals surface area contributed by atoms with E-state index < -0.39 is 10.0 Å². The van der Waals surface area contributed by atoms with Crippen molar-refractivity contribution < 1.29 is 8.42 Å². The summed E-state index contributed by atoms with van der Waals surface area (Å²) >= 11 is 5.22. The second kappa shape index (κ2) is 7.49. The van der Waals surface area contributed by atoms with Gasteiger partial charge in [0.2, 0.25) is 10.0 Å². The number of hydrogen-bond donors (Lipinski definition) is 2. The van der Waals surface area contributed by atoms with E-state index >= 15 is 0 Å². The number of aromatic nitrogens is 1. The Morgan fingerprint density at radius 3 is 2.70 bits per heavy atom. The highest BCUT2D eigenvalue weighted by Gasteiger charge is 2.17. The minimum atomic E-state index is -3.47. The van der Waals surface area contributed by atoms with Crippen molar-refractivity contribution in [1.29, 1.82) is 0 Å². The van der Waals surface area contributed by atoms with E-state index in [1.807, 2.05) is 12.1 Å². The summed E-state index contributed by atoms with van der Waals surface area (Å²) in [4.78, 5) is 4.24. The quantitative estimate of drug-likeness (QED) is 0.802. The van der Waals surface area contributed by atoms with Crippen LogP contribution in [0.4, 0.5) is 5.69 Å². The van der Waals surface area contributed by atoms with E-state index in [9.17, 15) is 8.42 Å². The molecule has 0 aliphatic heterocycles. The van der Waals surface area contributed by atoms with Gasteiger partial charge in [0.05, 0.1) is 4.90 Å². The summed E-state index contributed by atoms with van der Waals surface area (Å²) in [6.07, 6.45) is 3.46. The van der Waals surface area contributed by atoms with Gasteiger partial charge in [-0.15, -0.1) is 0 Å². The van der Waals surface area contributed by atoms with Crippen LogP contribution in [0.15, 0.2) is 53.7 Å². The molecule has 0 amide bonds. The monoisotopic (exact) mass is 350 g/mol. The van der Waals surface area contributed by atoms with E-state index in [1.165, 1.54) is 18.4 Å². The number of anilines is 1. The lowest BCUT2D eigenvalue weighted by Gasteiger charge is -2.14. The third kappa shape index (κ3) is 4.72. The summed E-state index contributed by atoms with van der Waals surface area (Å²) in [6.45, 7) is 0.537. The van der Waals surface area contributed by atoms with E-state index in [2.05, 4.69) is 15.6 Å². The maximum atomic E-state index is 12.1. The summed E-state index contributed by atoms with van der Waals surface area (Å²) in [6, 6.07) is 10.3. The van der Waals surface area contributed by atoms with Gasteiger partial charge in [0.25, 0.3) is 0 Å². The van der Waals surface area contributed by atoms with Crippen LogP contribution in [0.3, 0.4) is 0 Å². The Morgan fingerprint density at radius 2 is 2.04 bits per heavy atom. The van der Waals surface area contributed by atoms with Crippen molar-refractivity contribution in [3.63, 3.8) is 0 Å². The fourth-order valence-corrected chi connectivity index (χ4v) is 2.94. The number of nitrogens with zero attached hydrogens (tertiary/aromatic N) is 2. The number of hydrogen-bond acceptors (Lipinski definition) is 4. The molecule has 1 aromatic carbocycles. The standard InChI is InChI=1S/C15H18N4O2S2/c1-19(2)23(20,21)14-7-3-6-13(9-14)18-15(22)17-11-12-5-4-8-16-10-12/h3-10H,11H2,1-2H3,(H2,17,18,22). The molecule has 122 valence electrons. The Balaban J connectivity index is 2.02. The van der Waals surface area contributed by atoms with E-state index in [-0.39, 0.29) is 4.90 Å². The van der Waals surface area contributed by atoms with Gasteiger partial charge in [0.15, 0.2) is 5.11 Å². The molecule has 1 heterocycles. The molecular formula is C15H18N4O2S2. The van der Waals surface area contributed by atoms with E-state index in [0.29, 0.717) is 17.3 Å². The fraction of sp³-hybridized carbons (Fsp3) is 0.200. The Labute approximate surface area is 141 Å². The summed E-state index contributed by atoms with van der Waals surface area (Å²) in [5, 5.41) is 6.44. The highest BCUT2D eigenvalue weighted by molar-refractivity contribution is 7.89. The van der Waals surface area contributed by atoms with E-state index in [0.717, 1.165) is 5.56 Å². The van der Waals surface area contributed by atoms with Crippen molar-refractivity contribution >= 4 is 33.0 Å². The average Bonchev–Trinajstić information content (AvgIpc) is 2.54. The molecule has 0 unspecified atom stereocenters. The van der Waals surface area contributed by atoms with Crippen LogP contribution in [0, 0.1) is 0 Å². The maximum Gasteiger partial charge on any atom is 0.242 e. The SMILES string of the molecule is CN(C)S(=O)(=O)c1cccc(NC(=S)NCc2cccnc2)c1. The molecule has 0 fully saturated rings. The van der Waals surface area contributed by atoms with Crippen molar-refractivity contribution in [2.24, 2.45) is 0 Å². The van der Waals surface area contributed by atoms with Crippen LogP contribution in [0.2, 0.25) is 0 Å². The lowest BCUT2D eigenvalue weighted by molar-refractivity contribution is 0.521. The largest absolute Gasteiger partial charge is 0.358 e.